The van der Waals surface area contributed by atoms with Gasteiger partial charge in [-0.1, -0.05) is 65.1 Å². The number of amides is 2. The molecule has 0 radical (unpaired) electrons. The quantitative estimate of drug-likeness (QED) is 0.458. The fraction of sp³-hybridized carbons (Fsp3) is 0.130. The SMILES string of the molecule is O=C1[C@H]2[C@@H](ON(c3ccccc3)[C@H]2c2ccc(Cl)cc2)C(=O)N1c1cc(Cl)cc(Cl)c1. The van der Waals surface area contributed by atoms with Gasteiger partial charge < -0.3 is 0 Å². The van der Waals surface area contributed by atoms with Crippen molar-refractivity contribution >= 4 is 58.0 Å². The number of rotatable bonds is 3. The number of benzene rings is 3. The summed E-state index contributed by atoms with van der Waals surface area (Å²) in [5.41, 5.74) is 1.88. The third kappa shape index (κ3) is 3.48. The van der Waals surface area contributed by atoms with Gasteiger partial charge in [-0.25, -0.2) is 9.96 Å². The predicted molar refractivity (Wildman–Crippen MR) is 120 cm³/mol. The van der Waals surface area contributed by atoms with Gasteiger partial charge in [0.05, 0.1) is 17.4 Å². The van der Waals surface area contributed by atoms with Gasteiger partial charge in [-0.2, -0.15) is 0 Å². The second-order valence-corrected chi connectivity index (χ2v) is 8.66. The molecule has 2 aliphatic rings. The van der Waals surface area contributed by atoms with Crippen LogP contribution in [0, 0.1) is 5.92 Å². The van der Waals surface area contributed by atoms with Crippen LogP contribution in [0.3, 0.4) is 0 Å². The van der Waals surface area contributed by atoms with Crippen molar-refractivity contribution in [1.29, 1.82) is 0 Å². The lowest BCUT2D eigenvalue weighted by Crippen LogP contribution is -2.37. The average Bonchev–Trinajstić information content (AvgIpc) is 3.25. The first-order valence-electron chi connectivity index (χ1n) is 9.54. The van der Waals surface area contributed by atoms with Gasteiger partial charge >= 0.3 is 0 Å². The highest BCUT2D eigenvalue weighted by Gasteiger charge is 2.60. The number of carbonyl (C=O) groups excluding carboxylic acids is 2. The van der Waals surface area contributed by atoms with Gasteiger partial charge in [0.2, 0.25) is 5.91 Å². The minimum absolute atomic E-state index is 0.326. The smallest absolute Gasteiger partial charge is 0.266 e. The summed E-state index contributed by atoms with van der Waals surface area (Å²) in [7, 11) is 0. The van der Waals surface area contributed by atoms with Crippen molar-refractivity contribution in [3.63, 3.8) is 0 Å². The molecule has 8 heteroatoms. The highest BCUT2D eigenvalue weighted by atomic mass is 35.5. The Morgan fingerprint density at radius 2 is 1.35 bits per heavy atom. The van der Waals surface area contributed by atoms with Crippen LogP contribution >= 0.6 is 34.8 Å². The summed E-state index contributed by atoms with van der Waals surface area (Å²) in [6, 6.07) is 20.7. The van der Waals surface area contributed by atoms with Crippen molar-refractivity contribution < 1.29 is 14.4 Å². The normalized spacial score (nSPS) is 22.9. The highest BCUT2D eigenvalue weighted by Crippen LogP contribution is 2.48. The van der Waals surface area contributed by atoms with Crippen LogP contribution in [0.4, 0.5) is 11.4 Å². The van der Waals surface area contributed by atoms with Gasteiger partial charge in [0.1, 0.15) is 5.92 Å². The van der Waals surface area contributed by atoms with E-state index < -0.39 is 24.0 Å². The van der Waals surface area contributed by atoms with E-state index >= 15 is 0 Å². The van der Waals surface area contributed by atoms with Crippen LogP contribution in [0.25, 0.3) is 0 Å². The zero-order valence-corrected chi connectivity index (χ0v) is 18.2. The molecule has 2 heterocycles. The molecule has 2 aliphatic heterocycles. The first-order valence-corrected chi connectivity index (χ1v) is 10.7. The molecule has 0 bridgehead atoms. The molecule has 0 aromatic heterocycles. The van der Waals surface area contributed by atoms with Crippen molar-refractivity contribution in [2.75, 3.05) is 9.96 Å². The van der Waals surface area contributed by atoms with Gasteiger partial charge in [-0.05, 0) is 48.0 Å². The lowest BCUT2D eigenvalue weighted by molar-refractivity contribution is -0.126. The van der Waals surface area contributed by atoms with E-state index in [0.717, 1.165) is 16.2 Å². The molecule has 3 aromatic rings. The Balaban J connectivity index is 1.59. The summed E-state index contributed by atoms with van der Waals surface area (Å²) in [5, 5.41) is 2.88. The van der Waals surface area contributed by atoms with Gasteiger partial charge in [-0.3, -0.25) is 14.4 Å². The Bertz CT molecular complexity index is 1150. The fourth-order valence-electron chi connectivity index (χ4n) is 4.13. The Hall–Kier alpha value is -2.57. The van der Waals surface area contributed by atoms with E-state index in [1.54, 1.807) is 23.3 Å². The molecule has 31 heavy (non-hydrogen) atoms. The van der Waals surface area contributed by atoms with E-state index in [-0.39, 0.29) is 5.91 Å². The van der Waals surface area contributed by atoms with Gasteiger partial charge in [-0.15, -0.1) is 0 Å². The summed E-state index contributed by atoms with van der Waals surface area (Å²) in [5.74, 6) is -1.57. The Morgan fingerprint density at radius 3 is 2.00 bits per heavy atom. The first-order chi connectivity index (χ1) is 14.9. The standard InChI is InChI=1S/C23H15Cl3N2O3/c24-14-8-6-13(7-9-14)20-19-21(31-28(20)17-4-2-1-3-5-17)23(30)27(22(19)29)18-11-15(25)10-16(26)12-18/h1-12,19-21H/t19-,20+,21-/m1/s1. The maximum Gasteiger partial charge on any atom is 0.266 e. The highest BCUT2D eigenvalue weighted by molar-refractivity contribution is 6.36. The summed E-state index contributed by atoms with van der Waals surface area (Å²) in [6.45, 7) is 0. The monoisotopic (exact) mass is 472 g/mol. The first kappa shape index (κ1) is 20.3. The predicted octanol–water partition coefficient (Wildman–Crippen LogP) is 5.70. The van der Waals surface area contributed by atoms with Crippen molar-refractivity contribution in [3.05, 3.63) is 93.4 Å². The molecule has 0 N–H and O–H groups in total. The third-order valence-electron chi connectivity index (χ3n) is 5.44. The van der Waals surface area contributed by atoms with E-state index in [1.165, 1.54) is 12.1 Å². The number of fused-ring (bicyclic) bond motifs is 1. The van der Waals surface area contributed by atoms with E-state index in [9.17, 15) is 9.59 Å². The van der Waals surface area contributed by atoms with Crippen molar-refractivity contribution in [3.8, 4) is 0 Å². The van der Waals surface area contributed by atoms with Crippen molar-refractivity contribution in [2.24, 2.45) is 5.92 Å². The minimum Gasteiger partial charge on any atom is -0.273 e. The van der Waals surface area contributed by atoms with Gasteiger partial charge in [0.15, 0.2) is 6.10 Å². The fourth-order valence-corrected chi connectivity index (χ4v) is 4.78. The summed E-state index contributed by atoms with van der Waals surface area (Å²) >= 11 is 18.3. The third-order valence-corrected chi connectivity index (χ3v) is 6.13. The number of para-hydroxylation sites is 1. The molecule has 2 amide bonds. The number of hydroxylamine groups is 1. The van der Waals surface area contributed by atoms with Crippen LogP contribution in [0.1, 0.15) is 11.6 Å². The van der Waals surface area contributed by atoms with Gasteiger partial charge in [0.25, 0.3) is 5.91 Å². The van der Waals surface area contributed by atoms with Crippen LogP contribution < -0.4 is 9.96 Å². The second kappa shape index (κ2) is 7.84. The Morgan fingerprint density at radius 1 is 0.710 bits per heavy atom. The molecule has 3 atom stereocenters. The molecular weight excluding hydrogens is 459 g/mol. The summed E-state index contributed by atoms with van der Waals surface area (Å²) < 4.78 is 0. The Kier molecular flexibility index (Phi) is 5.15. The zero-order valence-electron chi connectivity index (χ0n) is 15.9. The van der Waals surface area contributed by atoms with E-state index in [4.69, 9.17) is 39.6 Å². The number of hydrogen-bond acceptors (Lipinski definition) is 4. The van der Waals surface area contributed by atoms with Crippen LogP contribution in [-0.4, -0.2) is 17.9 Å². The van der Waals surface area contributed by atoms with Crippen LogP contribution in [-0.2, 0) is 14.4 Å². The molecule has 0 aliphatic carbocycles. The molecule has 0 saturated carbocycles. The molecule has 5 rings (SSSR count). The zero-order chi connectivity index (χ0) is 21.7. The molecule has 2 fully saturated rings. The molecule has 3 aromatic carbocycles. The number of halogens is 3. The molecule has 0 unspecified atom stereocenters. The summed E-state index contributed by atoms with van der Waals surface area (Å²) in [6.07, 6.45) is -0.967. The molecule has 2 saturated heterocycles. The average molecular weight is 474 g/mol. The number of imide groups is 1. The summed E-state index contributed by atoms with van der Waals surface area (Å²) in [4.78, 5) is 34.0. The maximum absolute atomic E-state index is 13.5. The van der Waals surface area contributed by atoms with Crippen LogP contribution in [0.5, 0.6) is 0 Å². The van der Waals surface area contributed by atoms with E-state index in [1.807, 2.05) is 42.5 Å². The van der Waals surface area contributed by atoms with Gasteiger partial charge in [0, 0.05) is 15.1 Å². The van der Waals surface area contributed by atoms with E-state index in [0.29, 0.717) is 20.8 Å². The van der Waals surface area contributed by atoms with E-state index in [2.05, 4.69) is 0 Å². The van der Waals surface area contributed by atoms with Crippen LogP contribution in [0.2, 0.25) is 15.1 Å². The largest absolute Gasteiger partial charge is 0.273 e. The number of carbonyl (C=O) groups is 2. The molecule has 0 spiro atoms. The minimum atomic E-state index is -0.967. The number of hydrogen-bond donors (Lipinski definition) is 0. The van der Waals surface area contributed by atoms with Crippen molar-refractivity contribution in [1.82, 2.24) is 0 Å². The maximum atomic E-state index is 13.5. The van der Waals surface area contributed by atoms with Crippen molar-refractivity contribution in [2.45, 2.75) is 12.1 Å². The van der Waals surface area contributed by atoms with Crippen LogP contribution in [0.15, 0.2) is 72.8 Å². The second-order valence-electron chi connectivity index (χ2n) is 7.35. The Labute approximate surface area is 193 Å². The molecule has 5 nitrogen and oxygen atoms in total. The number of anilines is 2. The topological polar surface area (TPSA) is 49.9 Å². The lowest BCUT2D eigenvalue weighted by Gasteiger charge is -2.28. The molecular formula is C23H15Cl3N2O3. The number of nitrogens with zero attached hydrogens (tertiary/aromatic N) is 2. The lowest BCUT2D eigenvalue weighted by atomic mass is 9.90. The molecule has 156 valence electrons.